The number of phenolic OH excluding ortho intramolecular Hbond substituents is 1. The highest BCUT2D eigenvalue weighted by Gasteiger charge is 2.24. The molecule has 2 aromatic carbocycles. The van der Waals surface area contributed by atoms with Gasteiger partial charge in [0.05, 0.1) is 6.10 Å². The van der Waals surface area contributed by atoms with Crippen LogP contribution in [0.3, 0.4) is 0 Å². The maximum absolute atomic E-state index is 9.73. The first-order chi connectivity index (χ1) is 10.7. The van der Waals surface area contributed by atoms with Crippen LogP contribution in [-0.4, -0.2) is 22.9 Å². The lowest BCUT2D eigenvalue weighted by Crippen LogP contribution is -2.19. The lowest BCUT2D eigenvalue weighted by atomic mass is 9.77. The summed E-state index contributed by atoms with van der Waals surface area (Å²) in [5, 5.41) is 19.1. The van der Waals surface area contributed by atoms with Crippen LogP contribution in [0.15, 0.2) is 36.4 Å². The number of ether oxygens (including phenoxy) is 1. The van der Waals surface area contributed by atoms with Crippen molar-refractivity contribution in [1.29, 1.82) is 0 Å². The van der Waals surface area contributed by atoms with Crippen molar-refractivity contribution >= 4 is 0 Å². The van der Waals surface area contributed by atoms with E-state index in [1.807, 2.05) is 32.0 Å². The summed E-state index contributed by atoms with van der Waals surface area (Å²) in [4.78, 5) is 0. The summed E-state index contributed by atoms with van der Waals surface area (Å²) in [5.41, 5.74) is 4.09. The normalized spacial score (nSPS) is 13.0. The Morgan fingerprint density at radius 3 is 2.09 bits per heavy atom. The van der Waals surface area contributed by atoms with E-state index in [2.05, 4.69) is 26.0 Å². The number of rotatable bonds is 5. The number of phenols is 1. The minimum Gasteiger partial charge on any atom is -0.508 e. The van der Waals surface area contributed by atoms with E-state index in [-0.39, 0.29) is 5.41 Å². The summed E-state index contributed by atoms with van der Waals surface area (Å²) >= 11 is 0. The average Bonchev–Trinajstić information content (AvgIpc) is 2.48. The SMILES string of the molecule is Cc1cc(C(C)(C)c2ccc(OCC(C)O)c(C)c2)ccc1O. The summed E-state index contributed by atoms with van der Waals surface area (Å²) in [5.74, 6) is 1.12. The van der Waals surface area contributed by atoms with Crippen LogP contribution in [0.25, 0.3) is 0 Å². The molecule has 0 saturated heterocycles. The lowest BCUT2D eigenvalue weighted by molar-refractivity contribution is 0.122. The Labute approximate surface area is 138 Å². The smallest absolute Gasteiger partial charge is 0.122 e. The molecule has 0 aliphatic carbocycles. The highest BCUT2D eigenvalue weighted by atomic mass is 16.5. The lowest BCUT2D eigenvalue weighted by Gasteiger charge is -2.27. The summed E-state index contributed by atoms with van der Waals surface area (Å²) in [7, 11) is 0. The van der Waals surface area contributed by atoms with Crippen LogP contribution in [0.2, 0.25) is 0 Å². The van der Waals surface area contributed by atoms with Crippen molar-refractivity contribution in [2.24, 2.45) is 0 Å². The van der Waals surface area contributed by atoms with Gasteiger partial charge in [-0.05, 0) is 55.2 Å². The predicted molar refractivity (Wildman–Crippen MR) is 93.3 cm³/mol. The second kappa shape index (κ2) is 6.63. The molecule has 2 rings (SSSR count). The van der Waals surface area contributed by atoms with Gasteiger partial charge in [-0.15, -0.1) is 0 Å². The minimum atomic E-state index is -0.481. The largest absolute Gasteiger partial charge is 0.508 e. The highest BCUT2D eigenvalue weighted by molar-refractivity contribution is 5.46. The van der Waals surface area contributed by atoms with E-state index in [4.69, 9.17) is 4.74 Å². The summed E-state index contributed by atoms with van der Waals surface area (Å²) in [6, 6.07) is 11.9. The van der Waals surface area contributed by atoms with Gasteiger partial charge in [0.25, 0.3) is 0 Å². The molecule has 0 spiro atoms. The fourth-order valence-corrected chi connectivity index (χ4v) is 2.62. The first-order valence-electron chi connectivity index (χ1n) is 7.94. The molecule has 0 heterocycles. The van der Waals surface area contributed by atoms with Crippen LogP contribution in [0.1, 0.15) is 43.0 Å². The van der Waals surface area contributed by atoms with Crippen molar-refractivity contribution in [1.82, 2.24) is 0 Å². The Kier molecular flexibility index (Phi) is 5.00. The van der Waals surface area contributed by atoms with Gasteiger partial charge < -0.3 is 14.9 Å². The van der Waals surface area contributed by atoms with Gasteiger partial charge in [-0.3, -0.25) is 0 Å². The van der Waals surface area contributed by atoms with Gasteiger partial charge in [-0.2, -0.15) is 0 Å². The van der Waals surface area contributed by atoms with Crippen molar-refractivity contribution in [3.63, 3.8) is 0 Å². The second-order valence-corrected chi connectivity index (χ2v) is 6.77. The van der Waals surface area contributed by atoms with Gasteiger partial charge in [-0.1, -0.05) is 38.1 Å². The second-order valence-electron chi connectivity index (χ2n) is 6.77. The molecule has 3 heteroatoms. The molecule has 0 amide bonds. The van der Waals surface area contributed by atoms with Gasteiger partial charge in [0.2, 0.25) is 0 Å². The summed E-state index contributed by atoms with van der Waals surface area (Å²) < 4.78 is 5.62. The Morgan fingerprint density at radius 2 is 1.57 bits per heavy atom. The topological polar surface area (TPSA) is 49.7 Å². The van der Waals surface area contributed by atoms with Gasteiger partial charge in [0, 0.05) is 5.41 Å². The molecule has 0 aromatic heterocycles. The Morgan fingerprint density at radius 1 is 1.00 bits per heavy atom. The molecule has 0 aliphatic rings. The standard InChI is InChI=1S/C20H26O3/c1-13-10-16(6-8-18(13)22)20(4,5)17-7-9-19(14(2)11-17)23-12-15(3)21/h6-11,15,21-22H,12H2,1-5H3. The maximum atomic E-state index is 9.73. The predicted octanol–water partition coefficient (Wildman–Crippen LogP) is 4.09. The van der Waals surface area contributed by atoms with Crippen molar-refractivity contribution in [2.75, 3.05) is 6.61 Å². The molecule has 2 aromatic rings. The average molecular weight is 314 g/mol. The number of aliphatic hydroxyl groups is 1. The molecule has 0 radical (unpaired) electrons. The van der Waals surface area contributed by atoms with Crippen molar-refractivity contribution in [3.8, 4) is 11.5 Å². The van der Waals surface area contributed by atoms with Gasteiger partial charge in [0.15, 0.2) is 0 Å². The van der Waals surface area contributed by atoms with Crippen molar-refractivity contribution in [3.05, 3.63) is 58.7 Å². The first-order valence-corrected chi connectivity index (χ1v) is 7.94. The number of hydrogen-bond donors (Lipinski definition) is 2. The molecule has 0 saturated carbocycles. The quantitative estimate of drug-likeness (QED) is 0.874. The van der Waals surface area contributed by atoms with E-state index in [0.717, 1.165) is 22.4 Å². The zero-order chi connectivity index (χ0) is 17.2. The molecule has 2 N–H and O–H groups in total. The molecule has 124 valence electrons. The minimum absolute atomic E-state index is 0.175. The number of benzene rings is 2. The van der Waals surface area contributed by atoms with E-state index in [1.165, 1.54) is 5.56 Å². The molecule has 23 heavy (non-hydrogen) atoms. The summed E-state index contributed by atoms with van der Waals surface area (Å²) in [6.07, 6.45) is -0.481. The van der Waals surface area contributed by atoms with Crippen molar-refractivity contribution < 1.29 is 14.9 Å². The Hall–Kier alpha value is -2.00. The fraction of sp³-hybridized carbons (Fsp3) is 0.400. The van der Waals surface area contributed by atoms with Crippen LogP contribution < -0.4 is 4.74 Å². The third-order valence-electron chi connectivity index (χ3n) is 4.30. The van der Waals surface area contributed by atoms with Gasteiger partial charge >= 0.3 is 0 Å². The molecule has 0 aliphatic heterocycles. The third-order valence-corrected chi connectivity index (χ3v) is 4.30. The maximum Gasteiger partial charge on any atom is 0.122 e. The number of aromatic hydroxyl groups is 1. The first kappa shape index (κ1) is 17.4. The Bertz CT molecular complexity index is 687. The molecular formula is C20H26O3. The van der Waals surface area contributed by atoms with Gasteiger partial charge in [0.1, 0.15) is 18.1 Å². The van der Waals surface area contributed by atoms with E-state index in [9.17, 15) is 10.2 Å². The van der Waals surface area contributed by atoms with Crippen molar-refractivity contribution in [2.45, 2.75) is 46.1 Å². The third kappa shape index (κ3) is 3.85. The monoisotopic (exact) mass is 314 g/mol. The van der Waals surface area contributed by atoms with Crippen LogP contribution in [0.4, 0.5) is 0 Å². The van der Waals surface area contributed by atoms with Crippen LogP contribution in [0, 0.1) is 13.8 Å². The molecule has 0 bridgehead atoms. The number of aryl methyl sites for hydroxylation is 2. The molecule has 3 nitrogen and oxygen atoms in total. The van der Waals surface area contributed by atoms with E-state index in [1.54, 1.807) is 13.0 Å². The molecule has 0 fully saturated rings. The molecule has 1 unspecified atom stereocenters. The van der Waals surface area contributed by atoms with Crippen LogP contribution >= 0.6 is 0 Å². The Balaban J connectivity index is 2.32. The van der Waals surface area contributed by atoms with Crippen LogP contribution in [-0.2, 0) is 5.41 Å². The van der Waals surface area contributed by atoms with Gasteiger partial charge in [-0.25, -0.2) is 0 Å². The van der Waals surface area contributed by atoms with E-state index >= 15 is 0 Å². The van der Waals surface area contributed by atoms with Crippen LogP contribution in [0.5, 0.6) is 11.5 Å². The summed E-state index contributed by atoms with van der Waals surface area (Å²) in [6.45, 7) is 10.3. The van der Waals surface area contributed by atoms with E-state index < -0.39 is 6.10 Å². The zero-order valence-electron chi connectivity index (χ0n) is 14.6. The number of aliphatic hydroxyl groups excluding tert-OH is 1. The molecular weight excluding hydrogens is 288 g/mol. The zero-order valence-corrected chi connectivity index (χ0v) is 14.6. The molecule has 1 atom stereocenters. The number of hydrogen-bond acceptors (Lipinski definition) is 3. The van der Waals surface area contributed by atoms with E-state index in [0.29, 0.717) is 12.4 Å². The fourth-order valence-electron chi connectivity index (χ4n) is 2.62. The highest BCUT2D eigenvalue weighted by Crippen LogP contribution is 2.35.